The number of hydrogen-bond donors (Lipinski definition) is 1. The highest BCUT2D eigenvalue weighted by molar-refractivity contribution is 6.04. The largest absolute Gasteiger partial charge is 0.494 e. The number of aromatic nitrogens is 1. The lowest BCUT2D eigenvalue weighted by molar-refractivity contribution is 0.102. The monoisotopic (exact) mass is 375 g/mol. The van der Waals surface area contributed by atoms with Gasteiger partial charge in [0.1, 0.15) is 5.75 Å². The van der Waals surface area contributed by atoms with Crippen LogP contribution in [-0.2, 0) is 6.54 Å². The fourth-order valence-corrected chi connectivity index (χ4v) is 2.92. The van der Waals surface area contributed by atoms with Gasteiger partial charge in [-0.2, -0.15) is 0 Å². The molecule has 0 spiro atoms. The number of carbonyl (C=O) groups excluding carboxylic acids is 1. The molecule has 3 rings (SSSR count). The van der Waals surface area contributed by atoms with E-state index in [0.717, 1.165) is 30.2 Å². The van der Waals surface area contributed by atoms with Crippen molar-refractivity contribution in [3.63, 3.8) is 0 Å². The van der Waals surface area contributed by atoms with Gasteiger partial charge in [0.25, 0.3) is 5.91 Å². The van der Waals surface area contributed by atoms with Crippen LogP contribution in [-0.4, -0.2) is 24.0 Å². The Labute approximate surface area is 166 Å². The molecule has 2 aromatic carbocycles. The Morgan fingerprint density at radius 2 is 1.79 bits per heavy atom. The van der Waals surface area contributed by atoms with Crippen molar-refractivity contribution in [3.8, 4) is 5.75 Å². The van der Waals surface area contributed by atoms with E-state index < -0.39 is 0 Å². The number of pyridine rings is 1. The summed E-state index contributed by atoms with van der Waals surface area (Å²) in [5, 5.41) is 2.91. The fourth-order valence-electron chi connectivity index (χ4n) is 2.92. The van der Waals surface area contributed by atoms with Crippen LogP contribution in [0.1, 0.15) is 29.8 Å². The Hall–Kier alpha value is -3.34. The average molecular weight is 375 g/mol. The normalized spacial score (nSPS) is 10.4. The molecule has 5 nitrogen and oxygen atoms in total. The third kappa shape index (κ3) is 5.10. The zero-order chi connectivity index (χ0) is 19.8. The minimum absolute atomic E-state index is 0.186. The molecule has 0 fully saturated rings. The second-order valence-corrected chi connectivity index (χ2v) is 6.34. The van der Waals surface area contributed by atoms with Gasteiger partial charge in [0, 0.05) is 25.0 Å². The van der Waals surface area contributed by atoms with Crippen molar-refractivity contribution in [3.05, 3.63) is 84.2 Å². The Morgan fingerprint density at radius 3 is 2.46 bits per heavy atom. The Kier molecular flexibility index (Phi) is 6.63. The molecule has 28 heavy (non-hydrogen) atoms. The molecule has 0 aliphatic carbocycles. The lowest BCUT2D eigenvalue weighted by Crippen LogP contribution is -2.23. The van der Waals surface area contributed by atoms with Gasteiger partial charge >= 0.3 is 0 Å². The summed E-state index contributed by atoms with van der Waals surface area (Å²) < 4.78 is 5.43. The van der Waals surface area contributed by atoms with Crippen molar-refractivity contribution in [2.24, 2.45) is 0 Å². The number of hydrogen-bond acceptors (Lipinski definition) is 4. The molecule has 1 N–H and O–H groups in total. The summed E-state index contributed by atoms with van der Waals surface area (Å²) in [5.41, 5.74) is 3.38. The van der Waals surface area contributed by atoms with Crippen molar-refractivity contribution in [1.29, 1.82) is 0 Å². The molecule has 0 aliphatic rings. The zero-order valence-electron chi connectivity index (χ0n) is 16.3. The molecule has 0 radical (unpaired) electrons. The van der Waals surface area contributed by atoms with Crippen LogP contribution in [0.4, 0.5) is 11.4 Å². The highest BCUT2D eigenvalue weighted by atomic mass is 16.5. The number of nitrogens with one attached hydrogen (secondary N) is 1. The van der Waals surface area contributed by atoms with E-state index in [4.69, 9.17) is 4.74 Å². The third-order valence-corrected chi connectivity index (χ3v) is 4.37. The van der Waals surface area contributed by atoms with E-state index >= 15 is 0 Å². The first-order valence-electron chi connectivity index (χ1n) is 9.47. The van der Waals surface area contributed by atoms with Gasteiger partial charge in [0.05, 0.1) is 24.1 Å². The second-order valence-electron chi connectivity index (χ2n) is 6.34. The van der Waals surface area contributed by atoms with Crippen molar-refractivity contribution < 1.29 is 9.53 Å². The molecule has 144 valence electrons. The van der Waals surface area contributed by atoms with Crippen molar-refractivity contribution in [2.75, 3.05) is 23.4 Å². The standard InChI is InChI=1S/C23H25N3O2/c1-3-26(17-18-8-6-5-7-9-18)21-14-19(15-24-16-21)23(27)25-20-10-12-22(13-11-20)28-4-2/h5-16H,3-4,17H2,1-2H3,(H,25,27). The van der Waals surface area contributed by atoms with Crippen LogP contribution in [0, 0.1) is 0 Å². The quantitative estimate of drug-likeness (QED) is 0.617. The molecule has 1 amide bonds. The number of carbonyl (C=O) groups is 1. The molecule has 5 heteroatoms. The molecule has 3 aromatic rings. The number of nitrogens with zero attached hydrogens (tertiary/aromatic N) is 2. The topological polar surface area (TPSA) is 54.5 Å². The Balaban J connectivity index is 1.71. The van der Waals surface area contributed by atoms with Crippen LogP contribution in [0.5, 0.6) is 5.75 Å². The number of rotatable bonds is 8. The van der Waals surface area contributed by atoms with Crippen LogP contribution in [0.25, 0.3) is 0 Å². The number of benzene rings is 2. The number of anilines is 2. The predicted octanol–water partition coefficient (Wildman–Crippen LogP) is 4.76. The van der Waals surface area contributed by atoms with E-state index in [1.165, 1.54) is 5.56 Å². The van der Waals surface area contributed by atoms with E-state index in [9.17, 15) is 4.79 Å². The van der Waals surface area contributed by atoms with Crippen LogP contribution in [0.2, 0.25) is 0 Å². The van der Waals surface area contributed by atoms with E-state index in [-0.39, 0.29) is 5.91 Å². The smallest absolute Gasteiger partial charge is 0.257 e. The van der Waals surface area contributed by atoms with Crippen molar-refractivity contribution in [1.82, 2.24) is 4.98 Å². The van der Waals surface area contributed by atoms with Crippen LogP contribution in [0.15, 0.2) is 73.1 Å². The predicted molar refractivity (Wildman–Crippen MR) is 113 cm³/mol. The van der Waals surface area contributed by atoms with E-state index in [1.807, 2.05) is 55.5 Å². The summed E-state index contributed by atoms with van der Waals surface area (Å²) >= 11 is 0. The van der Waals surface area contributed by atoms with Gasteiger partial charge in [0.2, 0.25) is 0 Å². The van der Waals surface area contributed by atoms with Crippen LogP contribution >= 0.6 is 0 Å². The summed E-state index contributed by atoms with van der Waals surface area (Å²) in [5.74, 6) is 0.595. The second kappa shape index (κ2) is 9.55. The summed E-state index contributed by atoms with van der Waals surface area (Å²) in [4.78, 5) is 19.1. The van der Waals surface area contributed by atoms with Gasteiger partial charge in [0.15, 0.2) is 0 Å². The Morgan fingerprint density at radius 1 is 1.04 bits per heavy atom. The van der Waals surface area contributed by atoms with Crippen molar-refractivity contribution in [2.45, 2.75) is 20.4 Å². The van der Waals surface area contributed by atoms with E-state index in [2.05, 4.69) is 34.3 Å². The lowest BCUT2D eigenvalue weighted by Gasteiger charge is -2.23. The summed E-state index contributed by atoms with van der Waals surface area (Å²) in [6, 6.07) is 19.5. The van der Waals surface area contributed by atoms with E-state index in [1.54, 1.807) is 12.4 Å². The van der Waals surface area contributed by atoms with Crippen LogP contribution in [0.3, 0.4) is 0 Å². The highest BCUT2D eigenvalue weighted by Gasteiger charge is 2.11. The van der Waals surface area contributed by atoms with Crippen LogP contribution < -0.4 is 15.0 Å². The maximum absolute atomic E-state index is 12.6. The maximum atomic E-state index is 12.6. The molecule has 0 unspecified atom stereocenters. The average Bonchev–Trinajstić information content (AvgIpc) is 2.74. The molecule has 0 bridgehead atoms. The zero-order valence-corrected chi connectivity index (χ0v) is 16.3. The van der Waals surface area contributed by atoms with Gasteiger partial charge in [-0.3, -0.25) is 9.78 Å². The molecule has 0 aliphatic heterocycles. The minimum Gasteiger partial charge on any atom is -0.494 e. The maximum Gasteiger partial charge on any atom is 0.257 e. The molecule has 0 atom stereocenters. The summed E-state index contributed by atoms with van der Waals surface area (Å²) in [6.07, 6.45) is 3.38. The van der Waals surface area contributed by atoms with Gasteiger partial charge in [-0.25, -0.2) is 0 Å². The summed E-state index contributed by atoms with van der Waals surface area (Å²) in [7, 11) is 0. The third-order valence-electron chi connectivity index (χ3n) is 4.37. The van der Waals surface area contributed by atoms with Crippen molar-refractivity contribution >= 4 is 17.3 Å². The van der Waals surface area contributed by atoms with Gasteiger partial charge < -0.3 is 15.0 Å². The molecular weight excluding hydrogens is 350 g/mol. The molecule has 0 saturated heterocycles. The summed E-state index contributed by atoms with van der Waals surface area (Å²) in [6.45, 7) is 6.23. The first kappa shape index (κ1) is 19.4. The lowest BCUT2D eigenvalue weighted by atomic mass is 10.2. The highest BCUT2D eigenvalue weighted by Crippen LogP contribution is 2.20. The van der Waals surface area contributed by atoms with Gasteiger partial charge in [-0.15, -0.1) is 0 Å². The number of amides is 1. The van der Waals surface area contributed by atoms with Gasteiger partial charge in [-0.05, 0) is 49.7 Å². The first-order valence-corrected chi connectivity index (χ1v) is 9.47. The minimum atomic E-state index is -0.186. The number of ether oxygens (including phenoxy) is 1. The first-order chi connectivity index (χ1) is 13.7. The molecule has 0 saturated carbocycles. The Bertz CT molecular complexity index is 895. The SMILES string of the molecule is CCOc1ccc(NC(=O)c2cncc(N(CC)Cc3ccccc3)c2)cc1. The van der Waals surface area contributed by atoms with E-state index in [0.29, 0.717) is 12.2 Å². The fraction of sp³-hybridized carbons (Fsp3) is 0.217. The molecular formula is C23H25N3O2. The molecule has 1 aromatic heterocycles. The van der Waals surface area contributed by atoms with Gasteiger partial charge in [-0.1, -0.05) is 30.3 Å². The molecule has 1 heterocycles.